The highest BCUT2D eigenvalue weighted by Crippen LogP contribution is 2.35. The van der Waals surface area contributed by atoms with Crippen LogP contribution >= 0.6 is 0 Å². The Morgan fingerprint density at radius 1 is 1.11 bits per heavy atom. The highest BCUT2D eigenvalue weighted by molar-refractivity contribution is 5.97. The molecule has 6 heteroatoms. The number of phenols is 2. The summed E-state index contributed by atoms with van der Waals surface area (Å²) >= 11 is 0. The summed E-state index contributed by atoms with van der Waals surface area (Å²) in [6, 6.07) is 12.3. The number of aryl methyl sites for hydroxylation is 1. The number of amides is 1. The molecule has 27 heavy (non-hydrogen) atoms. The number of likely N-dealkylation sites (tertiary alicyclic amines) is 1. The van der Waals surface area contributed by atoms with E-state index in [1.54, 1.807) is 9.58 Å². The average Bonchev–Trinajstić information content (AvgIpc) is 3.30. The van der Waals surface area contributed by atoms with Crippen LogP contribution in [0.1, 0.15) is 34.8 Å². The van der Waals surface area contributed by atoms with Gasteiger partial charge in [0.2, 0.25) is 0 Å². The van der Waals surface area contributed by atoms with E-state index in [4.69, 9.17) is 0 Å². The Morgan fingerprint density at radius 2 is 1.89 bits per heavy atom. The molecular weight excluding hydrogens is 342 g/mol. The predicted molar refractivity (Wildman–Crippen MR) is 101 cm³/mol. The van der Waals surface area contributed by atoms with Gasteiger partial charge in [-0.2, -0.15) is 5.10 Å². The normalized spacial score (nSPS) is 16.6. The van der Waals surface area contributed by atoms with Gasteiger partial charge in [0.15, 0.2) is 0 Å². The molecule has 3 aromatic rings. The fourth-order valence-electron chi connectivity index (χ4n) is 3.68. The maximum absolute atomic E-state index is 12.9. The first kappa shape index (κ1) is 17.1. The summed E-state index contributed by atoms with van der Waals surface area (Å²) in [5, 5.41) is 23.7. The number of benzene rings is 2. The Bertz CT molecular complexity index is 979. The van der Waals surface area contributed by atoms with Gasteiger partial charge in [-0.25, -0.2) is 0 Å². The minimum Gasteiger partial charge on any atom is -0.508 e. The van der Waals surface area contributed by atoms with Crippen LogP contribution < -0.4 is 0 Å². The second-order valence-corrected chi connectivity index (χ2v) is 6.88. The fraction of sp³-hybridized carbons (Fsp3) is 0.238. The van der Waals surface area contributed by atoms with Gasteiger partial charge in [0.05, 0.1) is 17.8 Å². The Labute approximate surface area is 157 Å². The van der Waals surface area contributed by atoms with Crippen LogP contribution in [-0.2, 0) is 7.05 Å². The largest absolute Gasteiger partial charge is 0.508 e. The summed E-state index contributed by atoms with van der Waals surface area (Å²) in [5.74, 6) is -0.475. The quantitative estimate of drug-likeness (QED) is 0.747. The Morgan fingerprint density at radius 3 is 2.56 bits per heavy atom. The van der Waals surface area contributed by atoms with E-state index in [1.165, 1.54) is 18.2 Å². The Balaban J connectivity index is 1.58. The Kier molecular flexibility index (Phi) is 4.32. The molecule has 1 atom stereocenters. The van der Waals surface area contributed by atoms with Crippen molar-refractivity contribution in [2.75, 3.05) is 6.54 Å². The molecule has 0 bridgehead atoms. The van der Waals surface area contributed by atoms with Gasteiger partial charge in [-0.15, -0.1) is 0 Å². The van der Waals surface area contributed by atoms with E-state index in [2.05, 4.69) is 17.2 Å². The van der Waals surface area contributed by atoms with E-state index in [0.717, 1.165) is 29.5 Å². The zero-order valence-corrected chi connectivity index (χ0v) is 15.0. The monoisotopic (exact) mass is 363 g/mol. The molecule has 0 aliphatic carbocycles. The summed E-state index contributed by atoms with van der Waals surface area (Å²) in [6.07, 6.45) is 5.60. The van der Waals surface area contributed by atoms with Gasteiger partial charge < -0.3 is 15.1 Å². The first-order chi connectivity index (χ1) is 13.0. The third-order valence-corrected chi connectivity index (χ3v) is 5.06. The molecule has 0 radical (unpaired) electrons. The van der Waals surface area contributed by atoms with E-state index in [-0.39, 0.29) is 29.0 Å². The zero-order valence-electron chi connectivity index (χ0n) is 15.0. The minimum atomic E-state index is -0.216. The molecule has 138 valence electrons. The number of rotatable bonds is 3. The standard InChI is InChI=1S/C21H21N3O3/c1-23-13-16(12-22-23)14-4-6-15(7-5-14)19-3-2-10-24(19)21(27)18-9-8-17(25)11-20(18)26/h4-9,11-13,19,25-26H,2-3,10H2,1H3. The van der Waals surface area contributed by atoms with Crippen LogP contribution in [0, 0.1) is 0 Å². The minimum absolute atomic E-state index is 0.0198. The highest BCUT2D eigenvalue weighted by atomic mass is 16.3. The summed E-state index contributed by atoms with van der Waals surface area (Å²) in [5.41, 5.74) is 3.43. The van der Waals surface area contributed by atoms with Gasteiger partial charge in [0, 0.05) is 31.4 Å². The fourth-order valence-corrected chi connectivity index (χ4v) is 3.68. The lowest BCUT2D eigenvalue weighted by molar-refractivity contribution is 0.0732. The molecule has 2 N–H and O–H groups in total. The van der Waals surface area contributed by atoms with Crippen molar-refractivity contribution in [1.29, 1.82) is 0 Å². The van der Waals surface area contributed by atoms with Gasteiger partial charge in [0.25, 0.3) is 5.91 Å². The van der Waals surface area contributed by atoms with Crippen molar-refractivity contribution in [3.05, 3.63) is 66.0 Å². The first-order valence-corrected chi connectivity index (χ1v) is 8.95. The number of hydrogen-bond acceptors (Lipinski definition) is 4. The number of carbonyl (C=O) groups excluding carboxylic acids is 1. The van der Waals surface area contributed by atoms with Crippen LogP contribution in [0.25, 0.3) is 11.1 Å². The predicted octanol–water partition coefficient (Wildman–Crippen LogP) is 3.48. The second kappa shape index (κ2) is 6.79. The van der Waals surface area contributed by atoms with Crippen molar-refractivity contribution in [3.8, 4) is 22.6 Å². The maximum Gasteiger partial charge on any atom is 0.258 e. The van der Waals surface area contributed by atoms with Crippen molar-refractivity contribution in [3.63, 3.8) is 0 Å². The lowest BCUT2D eigenvalue weighted by Gasteiger charge is -2.25. The van der Waals surface area contributed by atoms with E-state index < -0.39 is 0 Å². The van der Waals surface area contributed by atoms with Gasteiger partial charge in [-0.1, -0.05) is 24.3 Å². The number of hydrogen-bond donors (Lipinski definition) is 2. The van der Waals surface area contributed by atoms with E-state index in [9.17, 15) is 15.0 Å². The molecular formula is C21H21N3O3. The zero-order chi connectivity index (χ0) is 19.0. The summed E-state index contributed by atoms with van der Waals surface area (Å²) in [6.45, 7) is 0.647. The molecule has 1 aromatic heterocycles. The maximum atomic E-state index is 12.9. The topological polar surface area (TPSA) is 78.6 Å². The molecule has 1 aliphatic rings. The Hall–Kier alpha value is -3.28. The molecule has 1 amide bonds. The summed E-state index contributed by atoms with van der Waals surface area (Å²) in [4.78, 5) is 14.7. The molecule has 2 aromatic carbocycles. The first-order valence-electron chi connectivity index (χ1n) is 8.95. The van der Waals surface area contributed by atoms with E-state index >= 15 is 0 Å². The molecule has 2 heterocycles. The molecule has 1 aliphatic heterocycles. The van der Waals surface area contributed by atoms with Crippen LogP contribution in [0.5, 0.6) is 11.5 Å². The van der Waals surface area contributed by atoms with Gasteiger partial charge in [0.1, 0.15) is 11.5 Å². The molecule has 1 fully saturated rings. The van der Waals surface area contributed by atoms with Crippen LogP contribution in [0.2, 0.25) is 0 Å². The molecule has 0 saturated carbocycles. The molecule has 0 spiro atoms. The lowest BCUT2D eigenvalue weighted by Crippen LogP contribution is -2.30. The van der Waals surface area contributed by atoms with Gasteiger partial charge >= 0.3 is 0 Å². The SMILES string of the molecule is Cn1cc(-c2ccc(C3CCCN3C(=O)c3ccc(O)cc3O)cc2)cn1. The number of aromatic hydroxyl groups is 2. The van der Waals surface area contributed by atoms with Crippen molar-refractivity contribution < 1.29 is 15.0 Å². The van der Waals surface area contributed by atoms with Crippen molar-refractivity contribution in [2.45, 2.75) is 18.9 Å². The van der Waals surface area contributed by atoms with Crippen LogP contribution in [0.15, 0.2) is 54.9 Å². The lowest BCUT2D eigenvalue weighted by atomic mass is 10.0. The van der Waals surface area contributed by atoms with Crippen molar-refractivity contribution in [1.82, 2.24) is 14.7 Å². The van der Waals surface area contributed by atoms with E-state index in [1.807, 2.05) is 31.6 Å². The number of carbonyl (C=O) groups is 1. The molecule has 1 saturated heterocycles. The number of phenolic OH excluding ortho intramolecular Hbond substituents is 2. The van der Waals surface area contributed by atoms with E-state index in [0.29, 0.717) is 6.54 Å². The van der Waals surface area contributed by atoms with Crippen molar-refractivity contribution in [2.24, 2.45) is 7.05 Å². The molecule has 1 unspecified atom stereocenters. The molecule has 4 rings (SSSR count). The highest BCUT2D eigenvalue weighted by Gasteiger charge is 2.31. The average molecular weight is 363 g/mol. The molecule has 6 nitrogen and oxygen atoms in total. The van der Waals surface area contributed by atoms with Crippen molar-refractivity contribution >= 4 is 5.91 Å². The second-order valence-electron chi connectivity index (χ2n) is 6.88. The van der Waals surface area contributed by atoms with Gasteiger partial charge in [-0.05, 0) is 36.1 Å². The van der Waals surface area contributed by atoms with Crippen LogP contribution in [-0.4, -0.2) is 37.3 Å². The third kappa shape index (κ3) is 3.26. The van der Waals surface area contributed by atoms with Gasteiger partial charge in [-0.3, -0.25) is 9.48 Å². The van der Waals surface area contributed by atoms with Crippen LogP contribution in [0.4, 0.5) is 0 Å². The number of nitrogens with zero attached hydrogens (tertiary/aromatic N) is 3. The smallest absolute Gasteiger partial charge is 0.258 e. The third-order valence-electron chi connectivity index (χ3n) is 5.06. The van der Waals surface area contributed by atoms with Crippen LogP contribution in [0.3, 0.4) is 0 Å². The summed E-state index contributed by atoms with van der Waals surface area (Å²) in [7, 11) is 1.89. The number of aromatic nitrogens is 2. The summed E-state index contributed by atoms with van der Waals surface area (Å²) < 4.78 is 1.77.